The molecule has 32 heavy (non-hydrogen) atoms. The molecule has 0 aliphatic carbocycles. The van der Waals surface area contributed by atoms with Gasteiger partial charge in [0.15, 0.2) is 6.61 Å². The number of amides is 3. The van der Waals surface area contributed by atoms with Gasteiger partial charge in [-0.25, -0.2) is 0 Å². The number of hydrazine groups is 1. The number of hydrogen-bond donors (Lipinski definition) is 3. The molecule has 7 nitrogen and oxygen atoms in total. The van der Waals surface area contributed by atoms with E-state index in [1.165, 1.54) is 0 Å². The van der Waals surface area contributed by atoms with Crippen LogP contribution in [0, 0.1) is 6.92 Å². The van der Waals surface area contributed by atoms with Gasteiger partial charge < -0.3 is 10.1 Å². The molecule has 2 aromatic carbocycles. The molecular formula is C23H27BrClN3O4. The number of nitrogens with one attached hydrogen (secondary N) is 3. The molecule has 172 valence electrons. The van der Waals surface area contributed by atoms with Crippen molar-refractivity contribution in [2.24, 2.45) is 0 Å². The van der Waals surface area contributed by atoms with Gasteiger partial charge in [-0.15, -0.1) is 0 Å². The van der Waals surface area contributed by atoms with Crippen LogP contribution in [-0.4, -0.2) is 24.3 Å². The van der Waals surface area contributed by atoms with Gasteiger partial charge in [0.25, 0.3) is 5.91 Å². The van der Waals surface area contributed by atoms with E-state index in [1.807, 2.05) is 12.1 Å². The second kappa shape index (κ2) is 11.3. The van der Waals surface area contributed by atoms with E-state index in [9.17, 15) is 14.4 Å². The molecule has 0 spiro atoms. The maximum absolute atomic E-state index is 12.0. The van der Waals surface area contributed by atoms with Crippen molar-refractivity contribution < 1.29 is 19.1 Å². The van der Waals surface area contributed by atoms with Crippen LogP contribution >= 0.6 is 27.5 Å². The lowest BCUT2D eigenvalue weighted by Gasteiger charge is -2.20. The van der Waals surface area contributed by atoms with Crippen LogP contribution in [0.5, 0.6) is 5.75 Å². The Morgan fingerprint density at radius 2 is 1.66 bits per heavy atom. The third-order valence-electron chi connectivity index (χ3n) is 4.62. The summed E-state index contributed by atoms with van der Waals surface area (Å²) in [6.07, 6.45) is -0.135. The van der Waals surface area contributed by atoms with Crippen LogP contribution < -0.4 is 20.9 Å². The maximum Gasteiger partial charge on any atom is 0.276 e. The van der Waals surface area contributed by atoms with Crippen LogP contribution in [0.15, 0.2) is 40.9 Å². The highest BCUT2D eigenvalue weighted by Gasteiger charge is 2.16. The average molecular weight is 525 g/mol. The molecule has 2 rings (SSSR count). The number of carbonyl (C=O) groups excluding carboxylic acids is 3. The molecule has 2 aromatic rings. The monoisotopic (exact) mass is 523 g/mol. The first kappa shape index (κ1) is 25.7. The lowest BCUT2D eigenvalue weighted by atomic mass is 9.87. The first-order valence-electron chi connectivity index (χ1n) is 10.0. The minimum atomic E-state index is -0.524. The molecule has 3 N–H and O–H groups in total. The third-order valence-corrected chi connectivity index (χ3v) is 5.65. The Balaban J connectivity index is 1.72. The molecule has 0 fully saturated rings. The van der Waals surface area contributed by atoms with Crippen LogP contribution in [0.25, 0.3) is 0 Å². The van der Waals surface area contributed by atoms with Crippen LogP contribution in [0.4, 0.5) is 5.69 Å². The first-order chi connectivity index (χ1) is 15.0. The fourth-order valence-corrected chi connectivity index (χ4v) is 3.32. The fourth-order valence-electron chi connectivity index (χ4n) is 2.65. The highest BCUT2D eigenvalue weighted by atomic mass is 79.9. The minimum absolute atomic E-state index is 0.00736. The van der Waals surface area contributed by atoms with Crippen molar-refractivity contribution in [1.29, 1.82) is 0 Å². The Morgan fingerprint density at radius 1 is 1.00 bits per heavy atom. The Hall–Kier alpha value is -2.58. The quantitative estimate of drug-likeness (QED) is 0.459. The molecule has 0 aliphatic heterocycles. The molecule has 0 saturated heterocycles. The van der Waals surface area contributed by atoms with Gasteiger partial charge >= 0.3 is 0 Å². The van der Waals surface area contributed by atoms with Gasteiger partial charge in [0.05, 0.1) is 4.47 Å². The van der Waals surface area contributed by atoms with Crippen molar-refractivity contribution in [2.45, 2.75) is 46.0 Å². The Bertz CT molecular complexity index is 1010. The summed E-state index contributed by atoms with van der Waals surface area (Å²) < 4.78 is 6.24. The van der Waals surface area contributed by atoms with Gasteiger partial charge in [-0.2, -0.15) is 0 Å². The summed E-state index contributed by atoms with van der Waals surface area (Å²) in [7, 11) is 0. The zero-order chi connectivity index (χ0) is 23.9. The normalized spacial score (nSPS) is 10.9. The number of hydrogen-bond acceptors (Lipinski definition) is 4. The summed E-state index contributed by atoms with van der Waals surface area (Å²) in [5, 5.41) is 3.26. The lowest BCUT2D eigenvalue weighted by molar-refractivity contribution is -0.130. The number of anilines is 1. The number of benzene rings is 2. The predicted octanol–water partition coefficient (Wildman–Crippen LogP) is 4.65. The van der Waals surface area contributed by atoms with E-state index < -0.39 is 11.8 Å². The standard InChI is InChI=1S/C23H27BrClN3O4/c1-14-17(25)6-5-7-18(14)26-20(29)10-11-21(30)27-28-22(31)13-32-19-9-8-15(12-16(19)24)23(2,3)4/h5-9,12H,10-11,13H2,1-4H3,(H,26,29)(H,27,30)(H,28,31). The van der Waals surface area contributed by atoms with Gasteiger partial charge in [-0.1, -0.05) is 44.5 Å². The van der Waals surface area contributed by atoms with Gasteiger partial charge in [-0.3, -0.25) is 25.2 Å². The van der Waals surface area contributed by atoms with Gasteiger partial charge in [0, 0.05) is 23.6 Å². The zero-order valence-corrected chi connectivity index (χ0v) is 20.8. The summed E-state index contributed by atoms with van der Waals surface area (Å²) in [5.74, 6) is -0.827. The van der Waals surface area contributed by atoms with E-state index in [0.717, 1.165) is 15.6 Å². The molecule has 0 bridgehead atoms. The fraction of sp³-hybridized carbons (Fsp3) is 0.348. The van der Waals surface area contributed by atoms with E-state index in [-0.39, 0.29) is 30.8 Å². The lowest BCUT2D eigenvalue weighted by Crippen LogP contribution is -2.44. The Kier molecular flexibility index (Phi) is 9.09. The van der Waals surface area contributed by atoms with Gasteiger partial charge in [-0.05, 0) is 63.7 Å². The number of rotatable bonds is 7. The van der Waals surface area contributed by atoms with E-state index in [2.05, 4.69) is 52.9 Å². The number of ether oxygens (including phenoxy) is 1. The Morgan fingerprint density at radius 3 is 2.31 bits per heavy atom. The molecule has 0 unspecified atom stereocenters. The number of carbonyl (C=O) groups is 3. The van der Waals surface area contributed by atoms with Crippen LogP contribution in [-0.2, 0) is 19.8 Å². The smallest absolute Gasteiger partial charge is 0.276 e. The van der Waals surface area contributed by atoms with E-state index in [0.29, 0.717) is 16.5 Å². The molecular weight excluding hydrogens is 498 g/mol. The second-order valence-corrected chi connectivity index (χ2v) is 9.50. The molecule has 0 aliphatic rings. The van der Waals surface area contributed by atoms with Crippen LogP contribution in [0.1, 0.15) is 44.7 Å². The summed E-state index contributed by atoms with van der Waals surface area (Å²) in [4.78, 5) is 35.9. The summed E-state index contributed by atoms with van der Waals surface area (Å²) in [5.41, 5.74) is 7.00. The molecule has 0 atom stereocenters. The van der Waals surface area contributed by atoms with Crippen molar-refractivity contribution in [2.75, 3.05) is 11.9 Å². The van der Waals surface area contributed by atoms with E-state index in [4.69, 9.17) is 16.3 Å². The molecule has 9 heteroatoms. The highest BCUT2D eigenvalue weighted by Crippen LogP contribution is 2.31. The Labute approximate surface area is 201 Å². The van der Waals surface area contributed by atoms with Crippen molar-refractivity contribution >= 4 is 50.9 Å². The van der Waals surface area contributed by atoms with E-state index in [1.54, 1.807) is 31.2 Å². The molecule has 0 aromatic heterocycles. The number of halogens is 2. The molecule has 0 heterocycles. The largest absolute Gasteiger partial charge is 0.483 e. The topological polar surface area (TPSA) is 96.5 Å². The molecule has 3 amide bonds. The second-order valence-electron chi connectivity index (χ2n) is 8.24. The van der Waals surface area contributed by atoms with Crippen molar-refractivity contribution in [3.05, 3.63) is 57.0 Å². The average Bonchev–Trinajstić information content (AvgIpc) is 2.72. The predicted molar refractivity (Wildman–Crippen MR) is 129 cm³/mol. The highest BCUT2D eigenvalue weighted by molar-refractivity contribution is 9.10. The van der Waals surface area contributed by atoms with Gasteiger partial charge in [0.2, 0.25) is 11.8 Å². The zero-order valence-electron chi connectivity index (χ0n) is 18.5. The first-order valence-corrected chi connectivity index (χ1v) is 11.2. The SMILES string of the molecule is Cc1c(Cl)cccc1NC(=O)CCC(=O)NNC(=O)COc1ccc(C(C)(C)C)cc1Br. The van der Waals surface area contributed by atoms with Crippen LogP contribution in [0.2, 0.25) is 5.02 Å². The summed E-state index contributed by atoms with van der Waals surface area (Å²) in [6.45, 7) is 7.83. The van der Waals surface area contributed by atoms with E-state index >= 15 is 0 Å². The minimum Gasteiger partial charge on any atom is -0.483 e. The summed E-state index contributed by atoms with van der Waals surface area (Å²) >= 11 is 9.47. The molecule has 0 saturated carbocycles. The molecule has 0 radical (unpaired) electrons. The van der Waals surface area contributed by atoms with Crippen molar-refractivity contribution in [1.82, 2.24) is 10.9 Å². The third kappa shape index (κ3) is 7.84. The summed E-state index contributed by atoms with van der Waals surface area (Å²) in [6, 6.07) is 10.9. The van der Waals surface area contributed by atoms with Crippen molar-refractivity contribution in [3.63, 3.8) is 0 Å². The van der Waals surface area contributed by atoms with Crippen LogP contribution in [0.3, 0.4) is 0 Å². The van der Waals surface area contributed by atoms with Crippen molar-refractivity contribution in [3.8, 4) is 5.75 Å². The maximum atomic E-state index is 12.0. The van der Waals surface area contributed by atoms with Gasteiger partial charge in [0.1, 0.15) is 5.75 Å².